The number of aliphatic hydroxyl groups is 2. The molecule has 0 saturated carbocycles. The molecule has 2 aromatic carbocycles. The van der Waals surface area contributed by atoms with Crippen LogP contribution in [0.2, 0.25) is 0 Å². The summed E-state index contributed by atoms with van der Waals surface area (Å²) in [4.78, 5) is 24.3. The molecule has 0 bridgehead atoms. The number of carbonyl (C=O) groups is 2. The van der Waals surface area contributed by atoms with Gasteiger partial charge in [-0.15, -0.1) is 0 Å². The zero-order valence-corrected chi connectivity index (χ0v) is 21.8. The van der Waals surface area contributed by atoms with E-state index in [9.17, 15) is 19.8 Å². The lowest BCUT2D eigenvalue weighted by Gasteiger charge is -2.20. The van der Waals surface area contributed by atoms with Gasteiger partial charge in [-0.3, -0.25) is 0 Å². The van der Waals surface area contributed by atoms with E-state index in [1.54, 1.807) is 12.1 Å². The highest BCUT2D eigenvalue weighted by molar-refractivity contribution is 5.89. The second-order valence-electron chi connectivity index (χ2n) is 9.19. The first kappa shape index (κ1) is 29.9. The van der Waals surface area contributed by atoms with Crippen molar-refractivity contribution in [3.63, 3.8) is 0 Å². The molecule has 0 spiro atoms. The summed E-state index contributed by atoms with van der Waals surface area (Å²) in [5.74, 6) is -2.80. The summed E-state index contributed by atoms with van der Waals surface area (Å²) in [5.41, 5.74) is 2.55. The molecule has 0 aliphatic carbocycles. The summed E-state index contributed by atoms with van der Waals surface area (Å²) >= 11 is 0. The Labute approximate surface area is 218 Å². The topological polar surface area (TPSA) is 93.1 Å². The van der Waals surface area contributed by atoms with Crippen LogP contribution in [0, 0.1) is 5.82 Å². The molecule has 2 atom stereocenters. The predicted molar refractivity (Wildman–Crippen MR) is 141 cm³/mol. The highest BCUT2D eigenvalue weighted by Crippen LogP contribution is 2.28. The van der Waals surface area contributed by atoms with Crippen molar-refractivity contribution in [2.75, 3.05) is 13.2 Å². The number of carbonyl (C=O) groups excluding carboxylic acids is 2. The first-order chi connectivity index (χ1) is 17.5. The lowest BCUT2D eigenvalue weighted by Crippen LogP contribution is -2.24. The molecule has 2 N–H and O–H groups in total. The molecule has 0 fully saturated rings. The molecule has 0 aliphatic heterocycles. The summed E-state index contributed by atoms with van der Waals surface area (Å²) in [7, 11) is 0. The first-order valence-corrected chi connectivity index (χ1v) is 12.5. The Balaban J connectivity index is 2.22. The minimum atomic E-state index is -1.09. The minimum Gasteiger partial charge on any atom is -0.461 e. The summed E-state index contributed by atoms with van der Waals surface area (Å²) in [6.45, 7) is 11.4. The maximum atomic E-state index is 15.2. The van der Waals surface area contributed by atoms with Crippen molar-refractivity contribution in [2.45, 2.75) is 64.6 Å². The molecule has 7 heteroatoms. The molecule has 2 rings (SSSR count). The molecule has 37 heavy (non-hydrogen) atoms. The van der Waals surface area contributed by atoms with Gasteiger partial charge in [0.15, 0.2) is 0 Å². The van der Waals surface area contributed by atoms with E-state index in [1.807, 2.05) is 24.3 Å². The number of halogens is 1. The third-order valence-corrected chi connectivity index (χ3v) is 6.16. The van der Waals surface area contributed by atoms with Crippen molar-refractivity contribution in [1.29, 1.82) is 0 Å². The monoisotopic (exact) mass is 512 g/mol. The zero-order chi connectivity index (χ0) is 27.5. The number of esters is 2. The molecular formula is C30H37FO6. The van der Waals surface area contributed by atoms with Crippen LogP contribution < -0.4 is 0 Å². The van der Waals surface area contributed by atoms with Crippen LogP contribution in [0.4, 0.5) is 4.39 Å². The SMILES string of the molecule is C=C(C(=O)OCC(COC(=O)C(=C)C(C)O)c1ccc(-c2ccc(CCCCC)cc2)c(F)c1)C(C)O. The lowest BCUT2D eigenvalue weighted by atomic mass is 9.95. The van der Waals surface area contributed by atoms with Crippen molar-refractivity contribution in [3.05, 3.63) is 83.7 Å². The molecule has 2 aromatic rings. The molecule has 6 nitrogen and oxygen atoms in total. The van der Waals surface area contributed by atoms with E-state index >= 15 is 4.39 Å². The molecule has 0 amide bonds. The van der Waals surface area contributed by atoms with Gasteiger partial charge in [-0.2, -0.15) is 0 Å². The molecule has 200 valence electrons. The zero-order valence-electron chi connectivity index (χ0n) is 21.8. The van der Waals surface area contributed by atoms with E-state index in [1.165, 1.54) is 31.9 Å². The van der Waals surface area contributed by atoms with Crippen molar-refractivity contribution in [3.8, 4) is 11.1 Å². The average molecular weight is 513 g/mol. The Morgan fingerprint density at radius 1 is 0.892 bits per heavy atom. The fraction of sp³-hybridized carbons (Fsp3) is 0.400. The average Bonchev–Trinajstić information content (AvgIpc) is 2.87. The Morgan fingerprint density at radius 2 is 1.43 bits per heavy atom. The van der Waals surface area contributed by atoms with Gasteiger partial charge in [-0.05, 0) is 49.4 Å². The third kappa shape index (κ3) is 8.95. The number of hydrogen-bond donors (Lipinski definition) is 2. The van der Waals surface area contributed by atoms with Gasteiger partial charge in [-0.1, -0.05) is 69.3 Å². The minimum absolute atomic E-state index is 0.127. The van der Waals surface area contributed by atoms with E-state index in [0.717, 1.165) is 24.8 Å². The highest BCUT2D eigenvalue weighted by atomic mass is 19.1. The van der Waals surface area contributed by atoms with Crippen molar-refractivity contribution >= 4 is 11.9 Å². The largest absolute Gasteiger partial charge is 0.461 e. The Kier molecular flexibility index (Phi) is 11.7. The second-order valence-corrected chi connectivity index (χ2v) is 9.19. The van der Waals surface area contributed by atoms with Crippen LogP contribution in [0.25, 0.3) is 11.1 Å². The summed E-state index contributed by atoms with van der Waals surface area (Å²) in [6.07, 6.45) is 2.24. The summed E-state index contributed by atoms with van der Waals surface area (Å²) in [6, 6.07) is 12.4. The van der Waals surface area contributed by atoms with Crippen molar-refractivity contribution in [1.82, 2.24) is 0 Å². The van der Waals surface area contributed by atoms with E-state index in [-0.39, 0.29) is 24.4 Å². The third-order valence-electron chi connectivity index (χ3n) is 6.16. The van der Waals surface area contributed by atoms with Gasteiger partial charge in [0.2, 0.25) is 0 Å². The van der Waals surface area contributed by atoms with Gasteiger partial charge in [-0.25, -0.2) is 14.0 Å². The molecule has 0 radical (unpaired) electrons. The highest BCUT2D eigenvalue weighted by Gasteiger charge is 2.22. The number of benzene rings is 2. The van der Waals surface area contributed by atoms with Crippen LogP contribution in [0.3, 0.4) is 0 Å². The maximum absolute atomic E-state index is 15.2. The van der Waals surface area contributed by atoms with E-state index < -0.39 is 35.9 Å². The number of aliphatic hydroxyl groups excluding tert-OH is 2. The van der Waals surface area contributed by atoms with E-state index in [4.69, 9.17) is 9.47 Å². The number of rotatable bonds is 14. The Hall–Kier alpha value is -3.29. The van der Waals surface area contributed by atoms with Gasteiger partial charge in [0.1, 0.15) is 19.0 Å². The molecule has 0 heterocycles. The fourth-order valence-corrected chi connectivity index (χ4v) is 3.57. The van der Waals surface area contributed by atoms with Crippen LogP contribution in [0.5, 0.6) is 0 Å². The van der Waals surface area contributed by atoms with Gasteiger partial charge in [0.25, 0.3) is 0 Å². The van der Waals surface area contributed by atoms with Gasteiger partial charge in [0, 0.05) is 5.56 Å². The van der Waals surface area contributed by atoms with E-state index in [2.05, 4.69) is 20.1 Å². The molecule has 0 saturated heterocycles. The number of unbranched alkanes of at least 4 members (excludes halogenated alkanes) is 2. The lowest BCUT2D eigenvalue weighted by molar-refractivity contribution is -0.143. The second kappa shape index (κ2) is 14.4. The van der Waals surface area contributed by atoms with Gasteiger partial charge >= 0.3 is 11.9 Å². The molecule has 0 aliphatic rings. The smallest absolute Gasteiger partial charge is 0.336 e. The quantitative estimate of drug-likeness (QED) is 0.204. The number of aryl methyl sites for hydroxylation is 1. The van der Waals surface area contributed by atoms with E-state index in [0.29, 0.717) is 11.1 Å². The molecular weight excluding hydrogens is 475 g/mol. The van der Waals surface area contributed by atoms with Gasteiger partial charge in [0.05, 0.1) is 29.3 Å². The van der Waals surface area contributed by atoms with Crippen LogP contribution in [-0.4, -0.2) is 47.6 Å². The molecule has 0 aromatic heterocycles. The predicted octanol–water partition coefficient (Wildman–Crippen LogP) is 5.27. The summed E-state index contributed by atoms with van der Waals surface area (Å²) < 4.78 is 25.7. The maximum Gasteiger partial charge on any atom is 0.336 e. The van der Waals surface area contributed by atoms with Gasteiger partial charge < -0.3 is 19.7 Å². The van der Waals surface area contributed by atoms with Crippen LogP contribution >= 0.6 is 0 Å². The van der Waals surface area contributed by atoms with Crippen LogP contribution in [-0.2, 0) is 25.5 Å². The molecule has 2 unspecified atom stereocenters. The Morgan fingerprint density at radius 3 is 1.89 bits per heavy atom. The normalized spacial score (nSPS) is 13.4. The first-order valence-electron chi connectivity index (χ1n) is 12.5. The van der Waals surface area contributed by atoms with Crippen molar-refractivity contribution < 1.29 is 33.7 Å². The Bertz CT molecular complexity index is 1050. The standard InChI is InChI=1S/C30H37FO6/c1-6-7-8-9-23-10-12-24(13-11-23)27-15-14-25(16-28(27)31)26(17-36-29(34)19(2)21(4)32)18-37-30(35)20(3)22(5)33/h10-16,21-22,26,32-33H,2-3,6-9,17-18H2,1,4-5H3. The van der Waals surface area contributed by atoms with Crippen LogP contribution in [0.15, 0.2) is 66.8 Å². The number of hydrogen-bond acceptors (Lipinski definition) is 6. The fourth-order valence-electron chi connectivity index (χ4n) is 3.57. The summed E-state index contributed by atoms with van der Waals surface area (Å²) in [5, 5.41) is 19.1. The van der Waals surface area contributed by atoms with Crippen molar-refractivity contribution in [2.24, 2.45) is 0 Å². The number of ether oxygens (including phenoxy) is 2. The van der Waals surface area contributed by atoms with Crippen LogP contribution in [0.1, 0.15) is 57.1 Å².